The van der Waals surface area contributed by atoms with E-state index in [1.807, 2.05) is 4.90 Å². The Morgan fingerprint density at radius 3 is 2.50 bits per heavy atom. The van der Waals surface area contributed by atoms with Crippen LogP contribution in [-0.2, 0) is 14.3 Å². The van der Waals surface area contributed by atoms with Crippen molar-refractivity contribution in [3.05, 3.63) is 0 Å². The number of ether oxygens (including phenoxy) is 1. The molecule has 24 heavy (non-hydrogen) atoms. The molecule has 0 bridgehead atoms. The van der Waals surface area contributed by atoms with Crippen molar-refractivity contribution in [3.8, 4) is 0 Å². The molecule has 136 valence electrons. The first-order valence-corrected chi connectivity index (χ1v) is 9.60. The van der Waals surface area contributed by atoms with E-state index in [0.29, 0.717) is 19.0 Å². The van der Waals surface area contributed by atoms with Crippen molar-refractivity contribution < 1.29 is 14.3 Å². The largest absolute Gasteiger partial charge is 0.379 e. The molecule has 1 aliphatic carbocycles. The predicted molar refractivity (Wildman–Crippen MR) is 91.6 cm³/mol. The first-order valence-electron chi connectivity index (χ1n) is 9.60. The van der Waals surface area contributed by atoms with Gasteiger partial charge in [0.15, 0.2) is 0 Å². The topological polar surface area (TPSA) is 61.9 Å². The van der Waals surface area contributed by atoms with Crippen molar-refractivity contribution in [1.29, 1.82) is 0 Å². The second kappa shape index (κ2) is 8.81. The van der Waals surface area contributed by atoms with Gasteiger partial charge in [0.05, 0.1) is 19.1 Å². The van der Waals surface area contributed by atoms with Crippen LogP contribution < -0.4 is 5.32 Å². The summed E-state index contributed by atoms with van der Waals surface area (Å²) in [6.07, 6.45) is 7.54. The van der Waals surface area contributed by atoms with Crippen molar-refractivity contribution in [3.63, 3.8) is 0 Å². The van der Waals surface area contributed by atoms with E-state index in [2.05, 4.69) is 10.2 Å². The summed E-state index contributed by atoms with van der Waals surface area (Å²) in [7, 11) is 0. The Bertz CT molecular complexity index is 429. The molecule has 0 radical (unpaired) electrons. The predicted octanol–water partition coefficient (Wildman–Crippen LogP) is 1.01. The molecule has 3 fully saturated rings. The van der Waals surface area contributed by atoms with Crippen LogP contribution in [0.1, 0.15) is 44.9 Å². The highest BCUT2D eigenvalue weighted by atomic mass is 16.5. The monoisotopic (exact) mass is 337 g/mol. The third-order valence-corrected chi connectivity index (χ3v) is 5.58. The normalized spacial score (nSPS) is 27.2. The van der Waals surface area contributed by atoms with Gasteiger partial charge < -0.3 is 15.0 Å². The molecule has 0 aromatic rings. The number of nitrogens with one attached hydrogen (secondary N) is 1. The van der Waals surface area contributed by atoms with Gasteiger partial charge in [0.25, 0.3) is 0 Å². The van der Waals surface area contributed by atoms with Gasteiger partial charge in [-0.15, -0.1) is 0 Å². The Kier molecular flexibility index (Phi) is 6.49. The minimum atomic E-state index is -0.162. The third kappa shape index (κ3) is 4.93. The Morgan fingerprint density at radius 2 is 1.79 bits per heavy atom. The van der Waals surface area contributed by atoms with Crippen LogP contribution in [-0.4, -0.2) is 73.6 Å². The van der Waals surface area contributed by atoms with Gasteiger partial charge in [-0.05, 0) is 12.8 Å². The van der Waals surface area contributed by atoms with Gasteiger partial charge in [-0.3, -0.25) is 14.5 Å². The smallest absolute Gasteiger partial charge is 0.225 e. The van der Waals surface area contributed by atoms with Gasteiger partial charge in [-0.2, -0.15) is 0 Å². The van der Waals surface area contributed by atoms with Crippen molar-refractivity contribution in [2.24, 2.45) is 5.92 Å². The summed E-state index contributed by atoms with van der Waals surface area (Å²) in [6, 6.07) is 0.317. The summed E-state index contributed by atoms with van der Waals surface area (Å²) in [5.41, 5.74) is 0. The van der Waals surface area contributed by atoms with E-state index in [4.69, 9.17) is 4.74 Å². The molecule has 3 aliphatic rings. The minimum Gasteiger partial charge on any atom is -0.379 e. The Balaban J connectivity index is 1.42. The van der Waals surface area contributed by atoms with Crippen LogP contribution in [0.15, 0.2) is 0 Å². The summed E-state index contributed by atoms with van der Waals surface area (Å²) in [4.78, 5) is 28.9. The van der Waals surface area contributed by atoms with Crippen LogP contribution in [0.2, 0.25) is 0 Å². The molecule has 6 nitrogen and oxygen atoms in total. The zero-order valence-electron chi connectivity index (χ0n) is 14.7. The van der Waals surface area contributed by atoms with Gasteiger partial charge in [0, 0.05) is 45.2 Å². The lowest BCUT2D eigenvalue weighted by Gasteiger charge is -2.28. The fourth-order valence-corrected chi connectivity index (χ4v) is 3.99. The zero-order chi connectivity index (χ0) is 16.8. The summed E-state index contributed by atoms with van der Waals surface area (Å²) in [5.74, 6) is 0.0545. The van der Waals surface area contributed by atoms with Crippen molar-refractivity contribution in [2.75, 3.05) is 45.9 Å². The molecule has 2 heterocycles. The van der Waals surface area contributed by atoms with Crippen LogP contribution in [0.25, 0.3) is 0 Å². The number of likely N-dealkylation sites (tertiary alicyclic amines) is 1. The number of hydrogen-bond donors (Lipinski definition) is 1. The lowest BCUT2D eigenvalue weighted by molar-refractivity contribution is -0.129. The minimum absolute atomic E-state index is 0.0872. The lowest BCUT2D eigenvalue weighted by Crippen LogP contribution is -2.42. The number of carbonyl (C=O) groups excluding carboxylic acids is 2. The molecule has 0 aromatic heterocycles. The third-order valence-electron chi connectivity index (χ3n) is 5.58. The van der Waals surface area contributed by atoms with Crippen LogP contribution in [0.4, 0.5) is 0 Å². The summed E-state index contributed by atoms with van der Waals surface area (Å²) < 4.78 is 5.35. The van der Waals surface area contributed by atoms with Gasteiger partial charge >= 0.3 is 0 Å². The fraction of sp³-hybridized carbons (Fsp3) is 0.889. The summed E-state index contributed by atoms with van der Waals surface area (Å²) in [6.45, 7) is 5.63. The van der Waals surface area contributed by atoms with E-state index >= 15 is 0 Å². The molecular formula is C18H31N3O3. The van der Waals surface area contributed by atoms with E-state index in [0.717, 1.165) is 52.2 Å². The number of morpholine rings is 1. The molecular weight excluding hydrogens is 306 g/mol. The summed E-state index contributed by atoms with van der Waals surface area (Å²) in [5, 5.41) is 3.20. The van der Waals surface area contributed by atoms with E-state index in [-0.39, 0.29) is 17.7 Å². The Labute approximate surface area is 144 Å². The van der Waals surface area contributed by atoms with E-state index in [9.17, 15) is 9.59 Å². The average Bonchev–Trinajstić information content (AvgIpc) is 2.80. The Morgan fingerprint density at radius 1 is 1.08 bits per heavy atom. The molecule has 6 heteroatoms. The van der Waals surface area contributed by atoms with Gasteiger partial charge in [0.1, 0.15) is 0 Å². The van der Waals surface area contributed by atoms with Crippen LogP contribution >= 0.6 is 0 Å². The number of amides is 2. The van der Waals surface area contributed by atoms with Crippen molar-refractivity contribution in [1.82, 2.24) is 15.1 Å². The SMILES string of the molecule is O=C(NC1CCCCCC1)C1CC(=O)N(CCN2CCOCC2)C1. The maximum absolute atomic E-state index is 12.5. The quantitative estimate of drug-likeness (QED) is 0.761. The molecule has 0 spiro atoms. The molecule has 0 aromatic carbocycles. The average molecular weight is 337 g/mol. The van der Waals surface area contributed by atoms with Gasteiger partial charge in [-0.25, -0.2) is 0 Å². The van der Waals surface area contributed by atoms with Gasteiger partial charge in [0.2, 0.25) is 11.8 Å². The highest BCUT2D eigenvalue weighted by Crippen LogP contribution is 2.21. The van der Waals surface area contributed by atoms with Gasteiger partial charge in [-0.1, -0.05) is 25.7 Å². The molecule has 2 saturated heterocycles. The number of nitrogens with zero attached hydrogens (tertiary/aromatic N) is 2. The maximum atomic E-state index is 12.5. The second-order valence-electron chi connectivity index (χ2n) is 7.39. The summed E-state index contributed by atoms with van der Waals surface area (Å²) >= 11 is 0. The number of carbonyl (C=O) groups is 2. The van der Waals surface area contributed by atoms with Crippen LogP contribution in [0.3, 0.4) is 0 Å². The second-order valence-corrected chi connectivity index (χ2v) is 7.39. The molecule has 1 unspecified atom stereocenters. The first-order chi connectivity index (χ1) is 11.7. The lowest BCUT2D eigenvalue weighted by atomic mass is 10.0. The van der Waals surface area contributed by atoms with E-state index in [1.165, 1.54) is 25.7 Å². The Hall–Kier alpha value is -1.14. The van der Waals surface area contributed by atoms with Crippen LogP contribution in [0, 0.1) is 5.92 Å². The molecule has 3 rings (SSSR count). The van der Waals surface area contributed by atoms with Crippen molar-refractivity contribution >= 4 is 11.8 Å². The number of rotatable bonds is 5. The fourth-order valence-electron chi connectivity index (χ4n) is 3.99. The van der Waals surface area contributed by atoms with E-state index in [1.54, 1.807) is 0 Å². The van der Waals surface area contributed by atoms with Crippen LogP contribution in [0.5, 0.6) is 0 Å². The number of hydrogen-bond acceptors (Lipinski definition) is 4. The molecule has 1 saturated carbocycles. The van der Waals surface area contributed by atoms with E-state index < -0.39 is 0 Å². The molecule has 2 amide bonds. The van der Waals surface area contributed by atoms with Crippen molar-refractivity contribution in [2.45, 2.75) is 51.0 Å². The highest BCUT2D eigenvalue weighted by Gasteiger charge is 2.35. The molecule has 1 N–H and O–H groups in total. The maximum Gasteiger partial charge on any atom is 0.225 e. The standard InChI is InChI=1S/C18H31N3O3/c22-17-13-15(18(23)19-16-5-3-1-2-4-6-16)14-21(17)8-7-20-9-11-24-12-10-20/h15-16H,1-14H2,(H,19,23). The highest BCUT2D eigenvalue weighted by molar-refractivity contribution is 5.89. The molecule has 2 aliphatic heterocycles. The molecule has 1 atom stereocenters. The zero-order valence-corrected chi connectivity index (χ0v) is 14.7. The first kappa shape index (κ1) is 17.7.